The van der Waals surface area contributed by atoms with E-state index in [-0.39, 0.29) is 29.9 Å². The van der Waals surface area contributed by atoms with E-state index in [1.54, 1.807) is 24.3 Å². The maximum atomic E-state index is 12.0. The molecule has 0 aliphatic rings. The molecule has 6 heteroatoms. The van der Waals surface area contributed by atoms with Crippen LogP contribution in [0.4, 0.5) is 0 Å². The Balaban J connectivity index is 2.22. The third kappa shape index (κ3) is 8.79. The van der Waals surface area contributed by atoms with E-state index in [2.05, 4.69) is 5.32 Å². The number of sulfone groups is 1. The first-order chi connectivity index (χ1) is 10.4. The van der Waals surface area contributed by atoms with Gasteiger partial charge in [0.05, 0.1) is 17.6 Å². The maximum Gasteiger partial charge on any atom is 0.221 e. The SMILES string of the molecule is CC(C)OCCCNC(=O)CCS(=O)(=O)Cc1ccccc1. The van der Waals surface area contributed by atoms with Crippen LogP contribution in [-0.2, 0) is 25.1 Å². The molecule has 0 bridgehead atoms. The predicted octanol–water partition coefficient (Wildman–Crippen LogP) is 1.92. The van der Waals surface area contributed by atoms with Crippen LogP contribution in [0.1, 0.15) is 32.3 Å². The predicted molar refractivity (Wildman–Crippen MR) is 87.3 cm³/mol. The Kier molecular flexibility index (Phi) is 8.12. The summed E-state index contributed by atoms with van der Waals surface area (Å²) in [5.41, 5.74) is 0.744. The molecule has 0 atom stereocenters. The van der Waals surface area contributed by atoms with Crippen molar-refractivity contribution in [3.8, 4) is 0 Å². The Bertz CT molecular complexity index is 541. The highest BCUT2D eigenvalue weighted by Crippen LogP contribution is 2.07. The van der Waals surface area contributed by atoms with Crippen molar-refractivity contribution in [3.05, 3.63) is 35.9 Å². The molecule has 0 aliphatic carbocycles. The van der Waals surface area contributed by atoms with Crippen molar-refractivity contribution >= 4 is 15.7 Å². The number of rotatable bonds is 10. The molecule has 0 unspecified atom stereocenters. The Labute approximate surface area is 133 Å². The van der Waals surface area contributed by atoms with Gasteiger partial charge in [0.2, 0.25) is 5.91 Å². The number of hydrogen-bond donors (Lipinski definition) is 1. The molecule has 5 nitrogen and oxygen atoms in total. The quantitative estimate of drug-likeness (QED) is 0.667. The van der Waals surface area contributed by atoms with Gasteiger partial charge in [0.25, 0.3) is 0 Å². The van der Waals surface area contributed by atoms with Crippen LogP contribution in [0.3, 0.4) is 0 Å². The minimum atomic E-state index is -3.26. The molecule has 1 aromatic carbocycles. The summed E-state index contributed by atoms with van der Waals surface area (Å²) in [6, 6.07) is 8.98. The molecule has 0 aliphatic heterocycles. The van der Waals surface area contributed by atoms with E-state index in [0.29, 0.717) is 13.2 Å². The van der Waals surface area contributed by atoms with E-state index >= 15 is 0 Å². The first-order valence-electron chi connectivity index (χ1n) is 7.52. The highest BCUT2D eigenvalue weighted by atomic mass is 32.2. The van der Waals surface area contributed by atoms with Crippen molar-refractivity contribution in [2.45, 2.75) is 38.5 Å². The minimum absolute atomic E-state index is 0.000203. The number of carbonyl (C=O) groups is 1. The average molecular weight is 327 g/mol. The van der Waals surface area contributed by atoms with E-state index in [1.807, 2.05) is 19.9 Å². The summed E-state index contributed by atoms with van der Waals surface area (Å²) in [5, 5.41) is 2.71. The fourth-order valence-electron chi connectivity index (χ4n) is 1.86. The third-order valence-electron chi connectivity index (χ3n) is 2.96. The summed E-state index contributed by atoms with van der Waals surface area (Å²) in [6.07, 6.45) is 0.903. The summed E-state index contributed by atoms with van der Waals surface area (Å²) in [5.74, 6) is -0.388. The smallest absolute Gasteiger partial charge is 0.221 e. The summed E-state index contributed by atoms with van der Waals surface area (Å²) >= 11 is 0. The molecule has 1 N–H and O–H groups in total. The summed E-state index contributed by atoms with van der Waals surface area (Å²) in [4.78, 5) is 11.6. The number of carbonyl (C=O) groups excluding carboxylic acids is 1. The van der Waals surface area contributed by atoms with E-state index in [0.717, 1.165) is 12.0 Å². The summed E-state index contributed by atoms with van der Waals surface area (Å²) in [7, 11) is -3.26. The lowest BCUT2D eigenvalue weighted by Crippen LogP contribution is -2.27. The van der Waals surface area contributed by atoms with Crippen LogP contribution in [0.2, 0.25) is 0 Å². The molecule has 0 saturated heterocycles. The molecule has 0 saturated carbocycles. The maximum absolute atomic E-state index is 12.0. The van der Waals surface area contributed by atoms with E-state index in [1.165, 1.54) is 0 Å². The number of nitrogens with one attached hydrogen (secondary N) is 1. The van der Waals surface area contributed by atoms with Gasteiger partial charge in [-0.2, -0.15) is 0 Å². The van der Waals surface area contributed by atoms with Gasteiger partial charge in [-0.3, -0.25) is 4.79 Å². The highest BCUT2D eigenvalue weighted by Gasteiger charge is 2.14. The van der Waals surface area contributed by atoms with Gasteiger partial charge in [-0.15, -0.1) is 0 Å². The molecule has 1 rings (SSSR count). The number of benzene rings is 1. The van der Waals surface area contributed by atoms with Gasteiger partial charge in [0, 0.05) is 19.6 Å². The van der Waals surface area contributed by atoms with Gasteiger partial charge in [0.1, 0.15) is 0 Å². The molecule has 0 radical (unpaired) electrons. The van der Waals surface area contributed by atoms with Crippen molar-refractivity contribution in [1.29, 1.82) is 0 Å². The van der Waals surface area contributed by atoms with Gasteiger partial charge >= 0.3 is 0 Å². The van der Waals surface area contributed by atoms with E-state index in [9.17, 15) is 13.2 Å². The van der Waals surface area contributed by atoms with E-state index in [4.69, 9.17) is 4.74 Å². The highest BCUT2D eigenvalue weighted by molar-refractivity contribution is 7.90. The molecular weight excluding hydrogens is 302 g/mol. The van der Waals surface area contributed by atoms with Gasteiger partial charge in [-0.1, -0.05) is 30.3 Å². The minimum Gasteiger partial charge on any atom is -0.379 e. The lowest BCUT2D eigenvalue weighted by Gasteiger charge is -2.08. The lowest BCUT2D eigenvalue weighted by atomic mass is 10.2. The van der Waals surface area contributed by atoms with Crippen LogP contribution in [0.15, 0.2) is 30.3 Å². The standard InChI is InChI=1S/C16H25NO4S/c1-14(2)21-11-6-10-17-16(18)9-12-22(19,20)13-15-7-4-3-5-8-15/h3-5,7-8,14H,6,9-13H2,1-2H3,(H,17,18). The average Bonchev–Trinajstić information content (AvgIpc) is 2.45. The fourth-order valence-corrected chi connectivity index (χ4v) is 3.20. The second-order valence-electron chi connectivity index (χ2n) is 5.45. The Morgan fingerprint density at radius 3 is 2.55 bits per heavy atom. The van der Waals surface area contributed by atoms with Crippen molar-refractivity contribution < 1.29 is 17.9 Å². The van der Waals surface area contributed by atoms with Crippen LogP contribution in [-0.4, -0.2) is 39.3 Å². The van der Waals surface area contributed by atoms with Gasteiger partial charge in [-0.05, 0) is 25.8 Å². The molecule has 0 fully saturated rings. The van der Waals surface area contributed by atoms with Crippen molar-refractivity contribution in [3.63, 3.8) is 0 Å². The van der Waals surface area contributed by atoms with Gasteiger partial charge in [0.15, 0.2) is 9.84 Å². The summed E-state index contributed by atoms with van der Waals surface area (Å²) in [6.45, 7) is 5.00. The molecule has 0 aromatic heterocycles. The number of ether oxygens (including phenoxy) is 1. The topological polar surface area (TPSA) is 72.5 Å². The molecule has 1 amide bonds. The van der Waals surface area contributed by atoms with Gasteiger partial charge < -0.3 is 10.1 Å². The summed E-state index contributed by atoms with van der Waals surface area (Å²) < 4.78 is 29.3. The van der Waals surface area contributed by atoms with Crippen molar-refractivity contribution in [2.75, 3.05) is 18.9 Å². The van der Waals surface area contributed by atoms with Gasteiger partial charge in [-0.25, -0.2) is 8.42 Å². The van der Waals surface area contributed by atoms with Crippen molar-refractivity contribution in [2.24, 2.45) is 0 Å². The molecular formula is C16H25NO4S. The Morgan fingerprint density at radius 2 is 1.91 bits per heavy atom. The van der Waals surface area contributed by atoms with Crippen LogP contribution < -0.4 is 5.32 Å². The van der Waals surface area contributed by atoms with Crippen LogP contribution in [0.25, 0.3) is 0 Å². The largest absolute Gasteiger partial charge is 0.379 e. The molecule has 124 valence electrons. The molecule has 0 spiro atoms. The fraction of sp³-hybridized carbons (Fsp3) is 0.562. The zero-order valence-corrected chi connectivity index (χ0v) is 14.1. The van der Waals surface area contributed by atoms with Crippen LogP contribution in [0, 0.1) is 0 Å². The second kappa shape index (κ2) is 9.58. The zero-order chi connectivity index (χ0) is 16.4. The van der Waals surface area contributed by atoms with Crippen LogP contribution >= 0.6 is 0 Å². The number of amides is 1. The molecule has 1 aromatic rings. The monoisotopic (exact) mass is 327 g/mol. The first kappa shape index (κ1) is 18.6. The Hall–Kier alpha value is -1.40. The lowest BCUT2D eigenvalue weighted by molar-refractivity contribution is -0.120. The van der Waals surface area contributed by atoms with E-state index < -0.39 is 9.84 Å². The third-order valence-corrected chi connectivity index (χ3v) is 4.56. The molecule has 0 heterocycles. The normalized spacial score (nSPS) is 11.6. The van der Waals surface area contributed by atoms with Crippen molar-refractivity contribution in [1.82, 2.24) is 5.32 Å². The Morgan fingerprint density at radius 1 is 1.23 bits per heavy atom. The molecule has 22 heavy (non-hydrogen) atoms. The number of hydrogen-bond acceptors (Lipinski definition) is 4. The second-order valence-corrected chi connectivity index (χ2v) is 7.63. The van der Waals surface area contributed by atoms with Crippen LogP contribution in [0.5, 0.6) is 0 Å². The zero-order valence-electron chi connectivity index (χ0n) is 13.2. The first-order valence-corrected chi connectivity index (χ1v) is 9.34.